The maximum Gasteiger partial charge on any atom is 0.157 e. The third-order valence-corrected chi connectivity index (χ3v) is 7.49. The van der Waals surface area contributed by atoms with E-state index in [0.717, 1.165) is 37.1 Å². The van der Waals surface area contributed by atoms with E-state index < -0.39 is 5.60 Å². The van der Waals surface area contributed by atoms with Crippen LogP contribution in [0.5, 0.6) is 0 Å². The highest BCUT2D eigenvalue weighted by Gasteiger charge is 2.57. The zero-order chi connectivity index (χ0) is 18.9. The Hall–Kier alpha value is -1.61. The monoisotopic (exact) mass is 365 g/mol. The maximum atomic E-state index is 12.0. The Bertz CT molecular complexity index is 790. The average Bonchev–Trinajstić information content (AvgIpc) is 2.51. The Labute approximate surface area is 162 Å². The van der Waals surface area contributed by atoms with Gasteiger partial charge >= 0.3 is 0 Å². The van der Waals surface area contributed by atoms with Gasteiger partial charge in [-0.2, -0.15) is 0 Å². The van der Waals surface area contributed by atoms with E-state index in [9.17, 15) is 9.90 Å². The van der Waals surface area contributed by atoms with Crippen molar-refractivity contribution in [1.29, 1.82) is 0 Å². The molecular weight excluding hydrogens is 334 g/mol. The van der Waals surface area contributed by atoms with Gasteiger partial charge in [0.25, 0.3) is 0 Å². The smallest absolute Gasteiger partial charge is 0.157 e. The van der Waals surface area contributed by atoms with E-state index in [4.69, 9.17) is 0 Å². The van der Waals surface area contributed by atoms with Crippen molar-refractivity contribution in [1.82, 2.24) is 0 Å². The molecule has 3 heteroatoms. The fourth-order valence-electron chi connectivity index (χ4n) is 7.07. The topological polar surface area (TPSA) is 49.3 Å². The number of aliphatic hydroxyl groups is 1. The molecule has 4 saturated carbocycles. The minimum absolute atomic E-state index is 0.0305. The highest BCUT2D eigenvalue weighted by Crippen LogP contribution is 2.62. The van der Waals surface area contributed by atoms with Gasteiger partial charge in [-0.25, -0.2) is 0 Å². The molecule has 3 nitrogen and oxygen atoms in total. The summed E-state index contributed by atoms with van der Waals surface area (Å²) >= 11 is 0. The Morgan fingerprint density at radius 1 is 1.00 bits per heavy atom. The summed E-state index contributed by atoms with van der Waals surface area (Å²) in [4.78, 5) is 12.0. The first-order valence-corrected chi connectivity index (χ1v) is 10.6. The van der Waals surface area contributed by atoms with Gasteiger partial charge in [-0.05, 0) is 85.3 Å². The molecule has 27 heavy (non-hydrogen) atoms. The molecule has 144 valence electrons. The molecule has 6 rings (SSSR count). The van der Waals surface area contributed by atoms with Crippen molar-refractivity contribution in [3.8, 4) is 0 Å². The molecule has 0 spiro atoms. The second-order valence-electron chi connectivity index (χ2n) is 10.8. The van der Waals surface area contributed by atoms with Crippen molar-refractivity contribution in [3.05, 3.63) is 41.6 Å². The van der Waals surface area contributed by atoms with E-state index in [1.54, 1.807) is 6.08 Å². The lowest BCUT2D eigenvalue weighted by molar-refractivity contribution is -0.137. The van der Waals surface area contributed by atoms with E-state index in [1.165, 1.54) is 24.8 Å². The van der Waals surface area contributed by atoms with Gasteiger partial charge in [-0.3, -0.25) is 4.79 Å². The number of carbonyl (C=O) groups is 1. The van der Waals surface area contributed by atoms with Crippen LogP contribution >= 0.6 is 0 Å². The minimum Gasteiger partial charge on any atom is -0.390 e. The Morgan fingerprint density at radius 3 is 2.26 bits per heavy atom. The van der Waals surface area contributed by atoms with Gasteiger partial charge in [0.15, 0.2) is 5.78 Å². The predicted octanol–water partition coefficient (Wildman–Crippen LogP) is 4.95. The van der Waals surface area contributed by atoms with Crippen LogP contribution in [0.3, 0.4) is 0 Å². The van der Waals surface area contributed by atoms with Crippen LogP contribution in [0.15, 0.2) is 36.0 Å². The molecule has 0 heterocycles. The number of anilines is 1. The zero-order valence-electron chi connectivity index (χ0n) is 16.6. The highest BCUT2D eigenvalue weighted by molar-refractivity contribution is 5.92. The number of ketones is 1. The third-order valence-electron chi connectivity index (χ3n) is 7.49. The van der Waals surface area contributed by atoms with Crippen LogP contribution in [-0.2, 0) is 10.2 Å². The van der Waals surface area contributed by atoms with Gasteiger partial charge in [0.05, 0.1) is 5.60 Å². The summed E-state index contributed by atoms with van der Waals surface area (Å²) in [5.74, 6) is 1.62. The first-order chi connectivity index (χ1) is 12.7. The fraction of sp³-hybridized carbons (Fsp3) is 0.625. The summed E-state index contributed by atoms with van der Waals surface area (Å²) in [6, 6.07) is 8.83. The lowest BCUT2D eigenvalue weighted by Gasteiger charge is -2.60. The van der Waals surface area contributed by atoms with E-state index in [0.29, 0.717) is 18.3 Å². The molecule has 0 radical (unpaired) electrons. The molecule has 2 atom stereocenters. The quantitative estimate of drug-likeness (QED) is 0.796. The number of hydrogen-bond donors (Lipinski definition) is 2. The largest absolute Gasteiger partial charge is 0.390 e. The standard InChI is InChI=1S/C24H31NO2/c1-22(2)13-20(8-21(26)14-22)25-19-5-3-18(4-6-19)23-9-16-7-17(10-23)12-24(27,11-16)15-23/h3-6,8,16-17,25,27H,7,9-15H2,1-2H3/t16-,17-,23?,24?/m1/s1. The molecule has 0 amide bonds. The number of benzene rings is 1. The van der Waals surface area contributed by atoms with Gasteiger partial charge < -0.3 is 10.4 Å². The normalized spacial score (nSPS) is 39.4. The molecule has 1 aromatic rings. The van der Waals surface area contributed by atoms with E-state index in [2.05, 4.69) is 43.4 Å². The van der Waals surface area contributed by atoms with Gasteiger partial charge in [0, 0.05) is 23.9 Å². The van der Waals surface area contributed by atoms with Gasteiger partial charge in [0.1, 0.15) is 0 Å². The Kier molecular flexibility index (Phi) is 3.69. The first kappa shape index (κ1) is 17.5. The summed E-state index contributed by atoms with van der Waals surface area (Å²) in [6.45, 7) is 4.31. The van der Waals surface area contributed by atoms with Crippen molar-refractivity contribution in [2.75, 3.05) is 5.32 Å². The van der Waals surface area contributed by atoms with Crippen LogP contribution in [0, 0.1) is 17.3 Å². The molecule has 2 N–H and O–H groups in total. The van der Waals surface area contributed by atoms with Crippen molar-refractivity contribution in [2.45, 2.75) is 76.2 Å². The summed E-state index contributed by atoms with van der Waals surface area (Å²) in [5, 5.41) is 14.5. The molecule has 4 fully saturated rings. The number of nitrogens with one attached hydrogen (secondary N) is 1. The van der Waals surface area contributed by atoms with Crippen LogP contribution in [0.25, 0.3) is 0 Å². The second-order valence-corrected chi connectivity index (χ2v) is 10.8. The molecular formula is C24H31NO2. The van der Waals surface area contributed by atoms with E-state index in [-0.39, 0.29) is 16.6 Å². The molecule has 0 saturated heterocycles. The van der Waals surface area contributed by atoms with Gasteiger partial charge in [0.2, 0.25) is 0 Å². The first-order valence-electron chi connectivity index (χ1n) is 10.6. The lowest BCUT2D eigenvalue weighted by Crippen LogP contribution is -2.57. The van der Waals surface area contributed by atoms with Crippen LogP contribution in [-0.4, -0.2) is 16.5 Å². The molecule has 1 aromatic carbocycles. The summed E-state index contributed by atoms with van der Waals surface area (Å²) < 4.78 is 0. The minimum atomic E-state index is -0.417. The number of allylic oxidation sites excluding steroid dienone is 2. The summed E-state index contributed by atoms with van der Waals surface area (Å²) in [5.41, 5.74) is 3.27. The molecule has 5 aliphatic carbocycles. The van der Waals surface area contributed by atoms with Crippen LogP contribution in [0.4, 0.5) is 5.69 Å². The van der Waals surface area contributed by atoms with Crippen LogP contribution in [0.2, 0.25) is 0 Å². The number of rotatable bonds is 3. The zero-order valence-corrected chi connectivity index (χ0v) is 16.6. The van der Waals surface area contributed by atoms with Crippen molar-refractivity contribution >= 4 is 11.5 Å². The van der Waals surface area contributed by atoms with Gasteiger partial charge in [-0.1, -0.05) is 26.0 Å². The van der Waals surface area contributed by atoms with Crippen LogP contribution in [0.1, 0.15) is 70.8 Å². The summed E-state index contributed by atoms with van der Waals surface area (Å²) in [6.07, 6.45) is 10.1. The molecule has 5 aliphatic rings. The molecule has 0 aromatic heterocycles. The summed E-state index contributed by atoms with van der Waals surface area (Å²) in [7, 11) is 0. The second kappa shape index (κ2) is 5.70. The third kappa shape index (κ3) is 3.14. The van der Waals surface area contributed by atoms with E-state index >= 15 is 0 Å². The number of carbonyl (C=O) groups excluding carboxylic acids is 1. The van der Waals surface area contributed by atoms with Crippen LogP contribution < -0.4 is 5.32 Å². The number of hydrogen-bond acceptors (Lipinski definition) is 3. The fourth-order valence-corrected chi connectivity index (χ4v) is 7.07. The predicted molar refractivity (Wildman–Crippen MR) is 107 cm³/mol. The maximum absolute atomic E-state index is 12.0. The van der Waals surface area contributed by atoms with Gasteiger partial charge in [-0.15, -0.1) is 0 Å². The van der Waals surface area contributed by atoms with Crippen molar-refractivity contribution in [2.24, 2.45) is 17.3 Å². The Balaban J connectivity index is 1.36. The van der Waals surface area contributed by atoms with Crippen molar-refractivity contribution in [3.63, 3.8) is 0 Å². The van der Waals surface area contributed by atoms with E-state index in [1.807, 2.05) is 0 Å². The average molecular weight is 366 g/mol. The molecule has 0 unspecified atom stereocenters. The molecule has 0 aliphatic heterocycles. The van der Waals surface area contributed by atoms with Crippen molar-refractivity contribution < 1.29 is 9.90 Å². The highest BCUT2D eigenvalue weighted by atomic mass is 16.3. The molecule has 4 bridgehead atoms. The Morgan fingerprint density at radius 2 is 1.67 bits per heavy atom. The SMILES string of the molecule is CC1(C)CC(=O)C=C(Nc2ccc(C34C[C@H]5C[C@@H](CC(O)(C5)C3)C4)cc2)C1. The lowest BCUT2D eigenvalue weighted by atomic mass is 9.46.